The van der Waals surface area contributed by atoms with E-state index in [1.165, 1.54) is 0 Å². The van der Waals surface area contributed by atoms with Crippen LogP contribution in [0.3, 0.4) is 0 Å². The Kier molecular flexibility index (Phi) is 7.41. The lowest BCUT2D eigenvalue weighted by Gasteiger charge is -2.28. The fraction of sp³-hybridized carbons (Fsp3) is 0.360. The molecule has 3 aromatic rings. The van der Waals surface area contributed by atoms with Crippen molar-refractivity contribution in [1.29, 1.82) is 0 Å². The summed E-state index contributed by atoms with van der Waals surface area (Å²) in [7, 11) is 3.47. The average Bonchev–Trinajstić information content (AvgIpc) is 3.07. The molecule has 0 fully saturated rings. The zero-order valence-corrected chi connectivity index (χ0v) is 19.6. The lowest BCUT2D eigenvalue weighted by atomic mass is 10.1. The number of nitrogens with one attached hydrogen (secondary N) is 1. The minimum Gasteiger partial charge on any atom is -0.497 e. The number of benzene rings is 2. The molecule has 2 aromatic carbocycles. The first-order chi connectivity index (χ1) is 15.3. The van der Waals surface area contributed by atoms with Gasteiger partial charge in [0.15, 0.2) is 0 Å². The third-order valence-corrected chi connectivity index (χ3v) is 5.02. The van der Waals surface area contributed by atoms with Crippen LogP contribution in [0.5, 0.6) is 17.4 Å². The molecule has 0 bridgehead atoms. The summed E-state index contributed by atoms with van der Waals surface area (Å²) in [5, 5.41) is 7.75. The molecule has 0 radical (unpaired) electrons. The summed E-state index contributed by atoms with van der Waals surface area (Å²) in [6, 6.07) is 17.3. The maximum absolute atomic E-state index is 12.9. The van der Waals surface area contributed by atoms with Crippen molar-refractivity contribution in [3.05, 3.63) is 60.2 Å². The van der Waals surface area contributed by atoms with Gasteiger partial charge in [-0.2, -0.15) is 5.10 Å². The predicted octanol–water partition coefficient (Wildman–Crippen LogP) is 5.22. The molecular formula is C25H32N4O3. The summed E-state index contributed by atoms with van der Waals surface area (Å²) in [5.41, 5.74) is 2.59. The molecule has 0 aliphatic heterocycles. The van der Waals surface area contributed by atoms with Crippen LogP contribution in [0.15, 0.2) is 54.6 Å². The Bertz CT molecular complexity index is 1040. The van der Waals surface area contributed by atoms with Gasteiger partial charge < -0.3 is 19.7 Å². The molecule has 2 amide bonds. The first-order valence-corrected chi connectivity index (χ1v) is 10.8. The third kappa shape index (κ3) is 5.41. The van der Waals surface area contributed by atoms with Crippen LogP contribution < -0.4 is 14.8 Å². The summed E-state index contributed by atoms with van der Waals surface area (Å²) < 4.78 is 13.3. The van der Waals surface area contributed by atoms with Crippen molar-refractivity contribution in [2.45, 2.75) is 46.3 Å². The van der Waals surface area contributed by atoms with Crippen LogP contribution in [0, 0.1) is 0 Å². The maximum Gasteiger partial charge on any atom is 0.318 e. The van der Waals surface area contributed by atoms with Gasteiger partial charge in [0.1, 0.15) is 17.2 Å². The van der Waals surface area contributed by atoms with Crippen LogP contribution in [-0.2, 0) is 13.6 Å². The SMILES string of the molecule is COc1cccc(Oc2c(CN(C(=O)NC(C)C)C(C)C)c(-c3ccccc3)nn2C)c1. The summed E-state index contributed by atoms with van der Waals surface area (Å²) in [5.74, 6) is 1.92. The number of amides is 2. The molecule has 0 aliphatic carbocycles. The number of hydrogen-bond donors (Lipinski definition) is 1. The van der Waals surface area contributed by atoms with Crippen LogP contribution in [-0.4, -0.2) is 39.9 Å². The molecule has 1 heterocycles. The molecule has 0 aliphatic rings. The number of aryl methyl sites for hydroxylation is 1. The number of methoxy groups -OCH3 is 1. The average molecular weight is 437 g/mol. The number of rotatable bonds is 8. The second-order valence-corrected chi connectivity index (χ2v) is 8.23. The Morgan fingerprint density at radius 3 is 2.38 bits per heavy atom. The highest BCUT2D eigenvalue weighted by Gasteiger charge is 2.26. The monoisotopic (exact) mass is 436 g/mol. The topological polar surface area (TPSA) is 68.6 Å². The fourth-order valence-corrected chi connectivity index (χ4v) is 3.42. The minimum absolute atomic E-state index is 0.0118. The maximum atomic E-state index is 12.9. The summed E-state index contributed by atoms with van der Waals surface area (Å²) in [6.07, 6.45) is 0. The molecule has 1 N–H and O–H groups in total. The van der Waals surface area contributed by atoms with Crippen molar-refractivity contribution in [3.8, 4) is 28.6 Å². The Morgan fingerprint density at radius 1 is 1.06 bits per heavy atom. The molecule has 1 aromatic heterocycles. The van der Waals surface area contributed by atoms with Crippen molar-refractivity contribution in [3.63, 3.8) is 0 Å². The summed E-state index contributed by atoms with van der Waals surface area (Å²) in [6.45, 7) is 8.26. The van der Waals surface area contributed by atoms with E-state index in [2.05, 4.69) is 5.32 Å². The standard InChI is InChI=1S/C25H32N4O3/c1-17(2)26-25(30)29(18(3)4)16-22-23(19-11-8-7-9-12-19)27-28(5)24(22)32-21-14-10-13-20(15-21)31-6/h7-15,17-18H,16H2,1-6H3,(H,26,30). The molecule has 0 saturated heterocycles. The molecule has 0 saturated carbocycles. The Balaban J connectivity index is 2.06. The Hall–Kier alpha value is -3.48. The van der Waals surface area contributed by atoms with Crippen molar-refractivity contribution in [2.24, 2.45) is 7.05 Å². The van der Waals surface area contributed by atoms with Gasteiger partial charge in [0.2, 0.25) is 5.88 Å². The zero-order valence-electron chi connectivity index (χ0n) is 19.6. The molecule has 7 heteroatoms. The largest absolute Gasteiger partial charge is 0.497 e. The number of hydrogen-bond acceptors (Lipinski definition) is 4. The molecule has 0 unspecified atom stereocenters. The fourth-order valence-electron chi connectivity index (χ4n) is 3.42. The zero-order chi connectivity index (χ0) is 23.3. The molecule has 7 nitrogen and oxygen atoms in total. The molecule has 32 heavy (non-hydrogen) atoms. The first kappa shape index (κ1) is 23.2. The van der Waals surface area contributed by atoms with Gasteiger partial charge in [-0.1, -0.05) is 36.4 Å². The number of aromatic nitrogens is 2. The third-order valence-electron chi connectivity index (χ3n) is 5.02. The predicted molar refractivity (Wildman–Crippen MR) is 126 cm³/mol. The number of ether oxygens (including phenoxy) is 2. The highest BCUT2D eigenvalue weighted by molar-refractivity contribution is 5.75. The van der Waals surface area contributed by atoms with Gasteiger partial charge in [0, 0.05) is 30.8 Å². The van der Waals surface area contributed by atoms with E-state index in [0.29, 0.717) is 23.9 Å². The second kappa shape index (κ2) is 10.2. The van der Waals surface area contributed by atoms with Gasteiger partial charge in [-0.05, 0) is 39.8 Å². The molecule has 170 valence electrons. The summed E-state index contributed by atoms with van der Waals surface area (Å²) >= 11 is 0. The summed E-state index contributed by atoms with van der Waals surface area (Å²) in [4.78, 5) is 14.7. The lowest BCUT2D eigenvalue weighted by molar-refractivity contribution is 0.177. The smallest absolute Gasteiger partial charge is 0.318 e. The Labute approximate surface area is 190 Å². The highest BCUT2D eigenvalue weighted by Crippen LogP contribution is 2.35. The molecular weight excluding hydrogens is 404 g/mol. The van der Waals surface area contributed by atoms with Crippen molar-refractivity contribution in [2.75, 3.05) is 7.11 Å². The van der Waals surface area contributed by atoms with E-state index in [1.807, 2.05) is 89.3 Å². The van der Waals surface area contributed by atoms with Crippen LogP contribution in [0.25, 0.3) is 11.3 Å². The van der Waals surface area contributed by atoms with E-state index >= 15 is 0 Å². The number of urea groups is 1. The van der Waals surface area contributed by atoms with Crippen LogP contribution in [0.1, 0.15) is 33.3 Å². The normalized spacial score (nSPS) is 11.0. The van der Waals surface area contributed by atoms with Gasteiger partial charge in [0.05, 0.1) is 19.2 Å². The quantitative estimate of drug-likeness (QED) is 0.526. The van der Waals surface area contributed by atoms with Gasteiger partial charge in [-0.15, -0.1) is 0 Å². The van der Waals surface area contributed by atoms with E-state index in [1.54, 1.807) is 16.7 Å². The number of carbonyl (C=O) groups excluding carboxylic acids is 1. The van der Waals surface area contributed by atoms with Crippen molar-refractivity contribution >= 4 is 6.03 Å². The number of nitrogens with zero attached hydrogens (tertiary/aromatic N) is 3. The van der Waals surface area contributed by atoms with Gasteiger partial charge in [-0.3, -0.25) is 0 Å². The molecule has 0 spiro atoms. The van der Waals surface area contributed by atoms with Crippen LogP contribution in [0.2, 0.25) is 0 Å². The van der Waals surface area contributed by atoms with E-state index in [-0.39, 0.29) is 18.1 Å². The minimum atomic E-state index is -0.120. The Morgan fingerprint density at radius 2 is 1.75 bits per heavy atom. The van der Waals surface area contributed by atoms with E-state index in [0.717, 1.165) is 16.8 Å². The van der Waals surface area contributed by atoms with Crippen molar-refractivity contribution in [1.82, 2.24) is 20.0 Å². The lowest BCUT2D eigenvalue weighted by Crippen LogP contribution is -2.45. The van der Waals surface area contributed by atoms with Crippen LogP contribution in [0.4, 0.5) is 4.79 Å². The molecule has 3 rings (SSSR count). The molecule has 0 atom stereocenters. The van der Waals surface area contributed by atoms with E-state index in [9.17, 15) is 4.79 Å². The van der Waals surface area contributed by atoms with Crippen LogP contribution >= 0.6 is 0 Å². The van der Waals surface area contributed by atoms with E-state index < -0.39 is 0 Å². The van der Waals surface area contributed by atoms with Gasteiger partial charge in [0.25, 0.3) is 0 Å². The second-order valence-electron chi connectivity index (χ2n) is 8.23. The van der Waals surface area contributed by atoms with E-state index in [4.69, 9.17) is 14.6 Å². The van der Waals surface area contributed by atoms with Crippen molar-refractivity contribution < 1.29 is 14.3 Å². The van der Waals surface area contributed by atoms with Gasteiger partial charge in [-0.25, -0.2) is 9.48 Å². The van der Waals surface area contributed by atoms with Gasteiger partial charge >= 0.3 is 6.03 Å². The highest BCUT2D eigenvalue weighted by atomic mass is 16.5. The first-order valence-electron chi connectivity index (χ1n) is 10.8. The number of carbonyl (C=O) groups is 1.